The molecule has 0 spiro atoms. The minimum Gasteiger partial charge on any atom is -0.326 e. The number of nitrogens with one attached hydrogen (secondary N) is 1. The van der Waals surface area contributed by atoms with Crippen molar-refractivity contribution < 1.29 is 4.79 Å². The summed E-state index contributed by atoms with van der Waals surface area (Å²) in [4.78, 5) is 16.2. The molecular weight excluding hydrogens is 328 g/mol. The van der Waals surface area contributed by atoms with E-state index in [0.717, 1.165) is 27.5 Å². The third-order valence-electron chi connectivity index (χ3n) is 3.36. The lowest BCUT2D eigenvalue weighted by Gasteiger charge is -2.05. The average molecular weight is 343 g/mol. The Morgan fingerprint density at radius 2 is 1.96 bits per heavy atom. The monoisotopic (exact) mass is 342 g/mol. The molecule has 3 aromatic rings. The summed E-state index contributed by atoms with van der Waals surface area (Å²) in [7, 11) is 0. The number of carbonyl (C=O) groups is 1. The number of benzene rings is 2. The highest BCUT2D eigenvalue weighted by molar-refractivity contribution is 7.13. The summed E-state index contributed by atoms with van der Waals surface area (Å²) in [5.74, 6) is 0.00211. The molecule has 0 aliphatic heterocycles. The van der Waals surface area contributed by atoms with Crippen molar-refractivity contribution in [3.8, 4) is 21.8 Å². The van der Waals surface area contributed by atoms with Gasteiger partial charge in [0.25, 0.3) is 0 Å². The van der Waals surface area contributed by atoms with Crippen molar-refractivity contribution in [3.05, 3.63) is 58.9 Å². The molecular formula is C18H15ClN2OS. The number of amides is 1. The van der Waals surface area contributed by atoms with Gasteiger partial charge in [0.2, 0.25) is 5.91 Å². The molecule has 0 fully saturated rings. The van der Waals surface area contributed by atoms with Crippen LogP contribution in [0.15, 0.2) is 53.9 Å². The molecule has 116 valence electrons. The summed E-state index contributed by atoms with van der Waals surface area (Å²) < 4.78 is 0. The van der Waals surface area contributed by atoms with E-state index in [2.05, 4.69) is 10.3 Å². The van der Waals surface area contributed by atoms with Crippen LogP contribution in [0.25, 0.3) is 21.8 Å². The van der Waals surface area contributed by atoms with Crippen LogP contribution in [-0.2, 0) is 4.79 Å². The lowest BCUT2D eigenvalue weighted by atomic mass is 10.1. The fourth-order valence-electron chi connectivity index (χ4n) is 2.14. The van der Waals surface area contributed by atoms with Crippen LogP contribution in [0.4, 0.5) is 5.69 Å². The van der Waals surface area contributed by atoms with Crippen molar-refractivity contribution in [3.63, 3.8) is 0 Å². The van der Waals surface area contributed by atoms with Crippen molar-refractivity contribution >= 4 is 34.5 Å². The van der Waals surface area contributed by atoms with Crippen molar-refractivity contribution in [2.75, 3.05) is 5.32 Å². The second kappa shape index (κ2) is 6.94. The first-order valence-corrected chi connectivity index (χ1v) is 8.53. The van der Waals surface area contributed by atoms with Gasteiger partial charge in [-0.3, -0.25) is 4.79 Å². The number of nitrogens with zero attached hydrogens (tertiary/aromatic N) is 1. The van der Waals surface area contributed by atoms with Gasteiger partial charge in [-0.05, 0) is 24.3 Å². The number of carbonyl (C=O) groups excluding carboxylic acids is 1. The van der Waals surface area contributed by atoms with Crippen LogP contribution in [-0.4, -0.2) is 10.9 Å². The Bertz CT molecular complexity index is 827. The third-order valence-corrected chi connectivity index (χ3v) is 4.50. The van der Waals surface area contributed by atoms with Gasteiger partial charge in [-0.1, -0.05) is 42.8 Å². The quantitative estimate of drug-likeness (QED) is 0.682. The van der Waals surface area contributed by atoms with E-state index in [1.54, 1.807) is 11.3 Å². The minimum atomic E-state index is 0.00211. The Hall–Kier alpha value is -2.17. The zero-order valence-electron chi connectivity index (χ0n) is 12.5. The summed E-state index contributed by atoms with van der Waals surface area (Å²) in [6.07, 6.45) is 0.460. The highest BCUT2D eigenvalue weighted by atomic mass is 35.5. The average Bonchev–Trinajstić information content (AvgIpc) is 3.06. The van der Waals surface area contributed by atoms with E-state index in [1.807, 2.05) is 60.8 Å². The van der Waals surface area contributed by atoms with E-state index >= 15 is 0 Å². The summed E-state index contributed by atoms with van der Waals surface area (Å²) >= 11 is 7.51. The maximum atomic E-state index is 11.5. The Morgan fingerprint density at radius 3 is 2.70 bits per heavy atom. The fraction of sp³-hybridized carbons (Fsp3) is 0.111. The van der Waals surface area contributed by atoms with Gasteiger partial charge in [-0.2, -0.15) is 0 Å². The van der Waals surface area contributed by atoms with E-state index in [9.17, 15) is 4.79 Å². The van der Waals surface area contributed by atoms with Crippen LogP contribution in [0.2, 0.25) is 5.02 Å². The fourth-order valence-corrected chi connectivity index (χ4v) is 3.10. The first-order valence-electron chi connectivity index (χ1n) is 7.27. The zero-order chi connectivity index (χ0) is 16.2. The predicted octanol–water partition coefficient (Wildman–Crippen LogP) is 5.48. The Morgan fingerprint density at radius 1 is 1.17 bits per heavy atom. The molecule has 23 heavy (non-hydrogen) atoms. The molecule has 0 radical (unpaired) electrons. The van der Waals surface area contributed by atoms with Gasteiger partial charge in [0.1, 0.15) is 5.01 Å². The maximum absolute atomic E-state index is 11.5. The first-order chi connectivity index (χ1) is 11.2. The predicted molar refractivity (Wildman–Crippen MR) is 96.9 cm³/mol. The molecule has 0 bridgehead atoms. The number of rotatable bonds is 4. The van der Waals surface area contributed by atoms with Crippen LogP contribution in [0.1, 0.15) is 13.3 Å². The van der Waals surface area contributed by atoms with Gasteiger partial charge < -0.3 is 5.32 Å². The highest BCUT2D eigenvalue weighted by Gasteiger charge is 2.08. The molecule has 0 aliphatic rings. The Labute approximate surface area is 144 Å². The summed E-state index contributed by atoms with van der Waals surface area (Å²) in [5.41, 5.74) is 3.71. The van der Waals surface area contributed by atoms with E-state index in [-0.39, 0.29) is 5.91 Å². The summed E-state index contributed by atoms with van der Waals surface area (Å²) in [5, 5.41) is 6.54. The number of halogens is 1. The molecule has 5 heteroatoms. The largest absolute Gasteiger partial charge is 0.326 e. The van der Waals surface area contributed by atoms with Gasteiger partial charge >= 0.3 is 0 Å². The maximum Gasteiger partial charge on any atom is 0.224 e. The summed E-state index contributed by atoms with van der Waals surface area (Å²) in [6, 6.07) is 15.4. The van der Waals surface area contributed by atoms with Crippen LogP contribution < -0.4 is 5.32 Å². The minimum absolute atomic E-state index is 0.00211. The number of hydrogen-bond acceptors (Lipinski definition) is 3. The van der Waals surface area contributed by atoms with Gasteiger partial charge in [0.15, 0.2) is 0 Å². The lowest BCUT2D eigenvalue weighted by Crippen LogP contribution is -2.09. The normalized spacial score (nSPS) is 10.5. The van der Waals surface area contributed by atoms with Crippen LogP contribution in [0.5, 0.6) is 0 Å². The molecule has 1 amide bonds. The van der Waals surface area contributed by atoms with Gasteiger partial charge in [-0.25, -0.2) is 4.98 Å². The molecule has 3 nitrogen and oxygen atoms in total. The molecule has 1 aromatic heterocycles. The molecule has 0 atom stereocenters. The van der Waals surface area contributed by atoms with Gasteiger partial charge in [0, 0.05) is 33.6 Å². The van der Waals surface area contributed by atoms with E-state index < -0.39 is 0 Å². The third kappa shape index (κ3) is 3.78. The van der Waals surface area contributed by atoms with Gasteiger partial charge in [0.05, 0.1) is 5.69 Å². The Kier molecular flexibility index (Phi) is 4.74. The molecule has 0 saturated carbocycles. The van der Waals surface area contributed by atoms with Gasteiger partial charge in [-0.15, -0.1) is 11.3 Å². The summed E-state index contributed by atoms with van der Waals surface area (Å²) in [6.45, 7) is 1.83. The molecule has 0 saturated heterocycles. The van der Waals surface area contributed by atoms with E-state index in [0.29, 0.717) is 11.4 Å². The molecule has 2 aromatic carbocycles. The van der Waals surface area contributed by atoms with Crippen molar-refractivity contribution in [2.24, 2.45) is 0 Å². The number of aromatic nitrogens is 1. The van der Waals surface area contributed by atoms with E-state index in [4.69, 9.17) is 11.6 Å². The number of anilines is 1. The van der Waals surface area contributed by atoms with Crippen LogP contribution in [0.3, 0.4) is 0 Å². The van der Waals surface area contributed by atoms with E-state index in [1.165, 1.54) is 0 Å². The SMILES string of the molecule is CCC(=O)Nc1cccc(-c2csc(-c3ccc(Cl)cc3)n2)c1. The molecule has 1 heterocycles. The van der Waals surface area contributed by atoms with Crippen molar-refractivity contribution in [2.45, 2.75) is 13.3 Å². The second-order valence-corrected chi connectivity index (χ2v) is 6.32. The smallest absolute Gasteiger partial charge is 0.224 e. The molecule has 0 unspecified atom stereocenters. The van der Waals surface area contributed by atoms with Crippen molar-refractivity contribution in [1.29, 1.82) is 0 Å². The van der Waals surface area contributed by atoms with Crippen LogP contribution >= 0.6 is 22.9 Å². The standard InChI is InChI=1S/C18H15ClN2OS/c1-2-17(22)20-15-5-3-4-13(10-15)16-11-23-18(21-16)12-6-8-14(19)9-7-12/h3-11H,2H2,1H3,(H,20,22). The lowest BCUT2D eigenvalue weighted by molar-refractivity contribution is -0.115. The molecule has 1 N–H and O–H groups in total. The number of thiazole rings is 1. The number of hydrogen-bond donors (Lipinski definition) is 1. The highest BCUT2D eigenvalue weighted by Crippen LogP contribution is 2.30. The topological polar surface area (TPSA) is 42.0 Å². The molecule has 3 rings (SSSR count). The molecule has 0 aliphatic carbocycles. The Balaban J connectivity index is 1.86. The zero-order valence-corrected chi connectivity index (χ0v) is 14.1. The second-order valence-electron chi connectivity index (χ2n) is 5.03. The van der Waals surface area contributed by atoms with Crippen molar-refractivity contribution in [1.82, 2.24) is 4.98 Å². The van der Waals surface area contributed by atoms with Crippen LogP contribution in [0, 0.1) is 0 Å². The first kappa shape index (κ1) is 15.7.